The van der Waals surface area contributed by atoms with E-state index in [-0.39, 0.29) is 18.0 Å². The minimum absolute atomic E-state index is 0.0463. The number of alkyl carbamates (subject to hydrolysis) is 1. The number of nitrogens with zero attached hydrogens (tertiary/aromatic N) is 1. The average Bonchev–Trinajstić information content (AvgIpc) is 2.53. The van der Waals surface area contributed by atoms with Crippen molar-refractivity contribution >= 4 is 23.6 Å². The van der Waals surface area contributed by atoms with E-state index < -0.39 is 0 Å². The molecule has 0 aliphatic carbocycles. The smallest absolute Gasteiger partial charge is 0.407 e. The second-order valence-electron chi connectivity index (χ2n) is 6.18. The third kappa shape index (κ3) is 5.13. The molecule has 2 rings (SSSR count). The molecular formula is C17H23ClN2O3. The topological polar surface area (TPSA) is 58.6 Å². The molecule has 6 heteroatoms. The van der Waals surface area contributed by atoms with E-state index in [1.54, 1.807) is 29.2 Å². The molecule has 2 amide bonds. The van der Waals surface area contributed by atoms with Crippen LogP contribution < -0.4 is 5.32 Å². The first-order valence-corrected chi connectivity index (χ1v) is 8.32. The van der Waals surface area contributed by atoms with Gasteiger partial charge in [0.25, 0.3) is 5.91 Å². The van der Waals surface area contributed by atoms with Gasteiger partial charge in [0.1, 0.15) is 0 Å². The molecule has 1 saturated heterocycles. The lowest BCUT2D eigenvalue weighted by Gasteiger charge is -2.32. The molecule has 0 unspecified atom stereocenters. The van der Waals surface area contributed by atoms with Crippen LogP contribution in [0.15, 0.2) is 24.3 Å². The largest absolute Gasteiger partial charge is 0.449 e. The number of amides is 2. The van der Waals surface area contributed by atoms with Gasteiger partial charge in [-0.2, -0.15) is 0 Å². The maximum atomic E-state index is 12.5. The van der Waals surface area contributed by atoms with Gasteiger partial charge in [0, 0.05) is 19.1 Å². The minimum Gasteiger partial charge on any atom is -0.449 e. The van der Waals surface area contributed by atoms with Gasteiger partial charge in [-0.25, -0.2) is 4.79 Å². The van der Waals surface area contributed by atoms with E-state index in [4.69, 9.17) is 16.3 Å². The average molecular weight is 339 g/mol. The number of nitrogens with one attached hydrogen (secondary N) is 1. The van der Waals surface area contributed by atoms with E-state index in [9.17, 15) is 9.59 Å². The SMILES string of the molecule is CC(C)COC(=O)NC1CCN(C(=O)c2ccccc2Cl)CC1. The molecule has 5 nitrogen and oxygen atoms in total. The summed E-state index contributed by atoms with van der Waals surface area (Å²) in [4.78, 5) is 25.9. The lowest BCUT2D eigenvalue weighted by Crippen LogP contribution is -2.46. The highest BCUT2D eigenvalue weighted by Crippen LogP contribution is 2.20. The summed E-state index contributed by atoms with van der Waals surface area (Å²) in [5.41, 5.74) is 0.525. The zero-order valence-corrected chi connectivity index (χ0v) is 14.3. The molecule has 1 aliphatic rings. The summed E-state index contributed by atoms with van der Waals surface area (Å²) < 4.78 is 5.12. The number of halogens is 1. The van der Waals surface area contributed by atoms with Crippen molar-refractivity contribution < 1.29 is 14.3 Å². The molecule has 0 aromatic heterocycles. The first kappa shape index (κ1) is 17.6. The summed E-state index contributed by atoms with van der Waals surface area (Å²) in [6.45, 7) is 5.59. The minimum atomic E-state index is -0.380. The van der Waals surface area contributed by atoms with Crippen LogP contribution in [0, 0.1) is 5.92 Å². The second kappa shape index (κ2) is 8.20. The fourth-order valence-electron chi connectivity index (χ4n) is 2.48. The van der Waals surface area contributed by atoms with Crippen molar-refractivity contribution in [2.45, 2.75) is 32.7 Å². The highest BCUT2D eigenvalue weighted by atomic mass is 35.5. The van der Waals surface area contributed by atoms with Crippen LogP contribution in [-0.4, -0.2) is 42.6 Å². The van der Waals surface area contributed by atoms with Crippen LogP contribution in [0.5, 0.6) is 0 Å². The van der Waals surface area contributed by atoms with Gasteiger partial charge in [0.15, 0.2) is 0 Å². The maximum absolute atomic E-state index is 12.5. The highest BCUT2D eigenvalue weighted by Gasteiger charge is 2.25. The van der Waals surface area contributed by atoms with Crippen LogP contribution in [0.1, 0.15) is 37.0 Å². The van der Waals surface area contributed by atoms with Gasteiger partial charge in [0.05, 0.1) is 17.2 Å². The molecule has 1 heterocycles. The molecule has 23 heavy (non-hydrogen) atoms. The summed E-state index contributed by atoms with van der Waals surface area (Å²) in [7, 11) is 0. The quantitative estimate of drug-likeness (QED) is 0.916. The van der Waals surface area contributed by atoms with Gasteiger partial charge in [-0.05, 0) is 30.9 Å². The lowest BCUT2D eigenvalue weighted by molar-refractivity contribution is 0.0700. The van der Waals surface area contributed by atoms with E-state index in [1.165, 1.54) is 0 Å². The first-order valence-electron chi connectivity index (χ1n) is 7.94. The summed E-state index contributed by atoms with van der Waals surface area (Å²) in [6, 6.07) is 7.10. The summed E-state index contributed by atoms with van der Waals surface area (Å²) in [6.07, 6.45) is 1.05. The Kier molecular flexibility index (Phi) is 6.28. The Morgan fingerprint density at radius 1 is 1.30 bits per heavy atom. The molecule has 1 N–H and O–H groups in total. The number of carbonyl (C=O) groups excluding carboxylic acids is 2. The predicted molar refractivity (Wildman–Crippen MR) is 89.7 cm³/mol. The number of ether oxygens (including phenoxy) is 1. The Balaban J connectivity index is 1.81. The number of rotatable bonds is 4. The molecular weight excluding hydrogens is 316 g/mol. The Hall–Kier alpha value is -1.75. The number of carbonyl (C=O) groups is 2. The van der Waals surface area contributed by atoms with E-state index >= 15 is 0 Å². The number of likely N-dealkylation sites (tertiary alicyclic amines) is 1. The highest BCUT2D eigenvalue weighted by molar-refractivity contribution is 6.33. The fraction of sp³-hybridized carbons (Fsp3) is 0.529. The summed E-state index contributed by atoms with van der Waals surface area (Å²) >= 11 is 6.08. The van der Waals surface area contributed by atoms with Crippen molar-refractivity contribution in [2.24, 2.45) is 5.92 Å². The van der Waals surface area contributed by atoms with Crippen molar-refractivity contribution in [2.75, 3.05) is 19.7 Å². The monoisotopic (exact) mass is 338 g/mol. The van der Waals surface area contributed by atoms with Crippen molar-refractivity contribution in [3.63, 3.8) is 0 Å². The van der Waals surface area contributed by atoms with E-state index in [0.29, 0.717) is 49.0 Å². The van der Waals surface area contributed by atoms with Gasteiger partial charge in [-0.15, -0.1) is 0 Å². The molecule has 1 fully saturated rings. The van der Waals surface area contributed by atoms with Crippen LogP contribution >= 0.6 is 11.6 Å². The maximum Gasteiger partial charge on any atom is 0.407 e. The molecule has 0 radical (unpaired) electrons. The Morgan fingerprint density at radius 3 is 2.57 bits per heavy atom. The van der Waals surface area contributed by atoms with Gasteiger partial charge in [-0.3, -0.25) is 4.79 Å². The Bertz CT molecular complexity index is 555. The summed E-state index contributed by atoms with van der Waals surface area (Å²) in [5, 5.41) is 3.33. The van der Waals surface area contributed by atoms with Crippen LogP contribution in [-0.2, 0) is 4.74 Å². The van der Waals surface area contributed by atoms with Gasteiger partial charge in [-0.1, -0.05) is 37.6 Å². The standard InChI is InChI=1S/C17H23ClN2O3/c1-12(2)11-23-17(22)19-13-7-9-20(10-8-13)16(21)14-5-3-4-6-15(14)18/h3-6,12-13H,7-11H2,1-2H3,(H,19,22). The molecule has 1 aliphatic heterocycles. The van der Waals surface area contributed by atoms with Crippen molar-refractivity contribution in [1.29, 1.82) is 0 Å². The molecule has 1 aromatic carbocycles. The third-order valence-electron chi connectivity index (χ3n) is 3.76. The van der Waals surface area contributed by atoms with E-state index in [1.807, 2.05) is 13.8 Å². The van der Waals surface area contributed by atoms with Gasteiger partial charge >= 0.3 is 6.09 Å². The molecule has 126 valence electrons. The lowest BCUT2D eigenvalue weighted by atomic mass is 10.0. The molecule has 0 atom stereocenters. The fourth-order valence-corrected chi connectivity index (χ4v) is 2.70. The predicted octanol–water partition coefficient (Wildman–Crippen LogP) is 3.33. The molecule has 0 bridgehead atoms. The molecule has 1 aromatic rings. The van der Waals surface area contributed by atoms with Crippen molar-refractivity contribution in [3.05, 3.63) is 34.9 Å². The number of benzene rings is 1. The summed E-state index contributed by atoms with van der Waals surface area (Å²) in [5.74, 6) is 0.257. The van der Waals surface area contributed by atoms with Gasteiger partial charge in [0.2, 0.25) is 0 Å². The normalized spacial score (nSPS) is 15.6. The van der Waals surface area contributed by atoms with Crippen molar-refractivity contribution in [1.82, 2.24) is 10.2 Å². The van der Waals surface area contributed by atoms with Crippen LogP contribution in [0.3, 0.4) is 0 Å². The van der Waals surface area contributed by atoms with Crippen LogP contribution in [0.4, 0.5) is 4.79 Å². The molecule has 0 saturated carbocycles. The van der Waals surface area contributed by atoms with E-state index in [2.05, 4.69) is 5.32 Å². The van der Waals surface area contributed by atoms with Crippen LogP contribution in [0.2, 0.25) is 5.02 Å². The number of hydrogen-bond donors (Lipinski definition) is 1. The second-order valence-corrected chi connectivity index (χ2v) is 6.59. The zero-order valence-electron chi connectivity index (χ0n) is 13.5. The third-order valence-corrected chi connectivity index (χ3v) is 4.09. The van der Waals surface area contributed by atoms with Gasteiger partial charge < -0.3 is 15.0 Å². The van der Waals surface area contributed by atoms with Crippen molar-refractivity contribution in [3.8, 4) is 0 Å². The Morgan fingerprint density at radius 2 is 1.96 bits per heavy atom. The van der Waals surface area contributed by atoms with E-state index in [0.717, 1.165) is 0 Å². The Labute approximate surface area is 141 Å². The zero-order chi connectivity index (χ0) is 16.8. The number of hydrogen-bond acceptors (Lipinski definition) is 3. The first-order chi connectivity index (χ1) is 11.0. The molecule has 0 spiro atoms. The number of piperidine rings is 1. The van der Waals surface area contributed by atoms with Crippen LogP contribution in [0.25, 0.3) is 0 Å².